The fourth-order valence-electron chi connectivity index (χ4n) is 6.58. The molecule has 5 rings (SSSR count). The van der Waals surface area contributed by atoms with Gasteiger partial charge in [0.05, 0.1) is 26.3 Å². The lowest BCUT2D eigenvalue weighted by Gasteiger charge is -2.48. The number of methoxy groups -OCH3 is 2. The SMILES string of the molecule is COc1ccc(CN(c2ccncn2)S(=O)(=O)c2c(F)cc(N3CCC[C@@](CCc4ccc(C)c(C(F)(F)F)c4)(N(C)C)C3)cc2F)c(OC)c1. The number of sulfonamides is 1. The number of aryl methyl sites for hydroxylation is 2. The molecule has 3 aromatic carbocycles. The number of anilines is 2. The molecular weight excluding hydrogens is 693 g/mol. The lowest BCUT2D eigenvalue weighted by molar-refractivity contribution is -0.138. The van der Waals surface area contributed by atoms with Gasteiger partial charge in [-0.1, -0.05) is 12.1 Å². The third-order valence-electron chi connectivity index (χ3n) is 9.52. The average Bonchev–Trinajstić information content (AvgIpc) is 3.09. The second-order valence-electron chi connectivity index (χ2n) is 12.8. The van der Waals surface area contributed by atoms with E-state index in [1.807, 2.05) is 19.0 Å². The van der Waals surface area contributed by atoms with Gasteiger partial charge in [0.2, 0.25) is 0 Å². The molecule has 1 fully saturated rings. The molecule has 9 nitrogen and oxygen atoms in total. The van der Waals surface area contributed by atoms with Crippen LogP contribution < -0.4 is 18.7 Å². The van der Waals surface area contributed by atoms with Crippen LogP contribution in [0.3, 0.4) is 0 Å². The number of hydrogen-bond acceptors (Lipinski definition) is 8. The average molecular weight is 734 g/mol. The Labute approximate surface area is 294 Å². The van der Waals surface area contributed by atoms with Gasteiger partial charge in [0.1, 0.15) is 35.3 Å². The number of rotatable bonds is 12. The zero-order valence-corrected chi connectivity index (χ0v) is 29.8. The van der Waals surface area contributed by atoms with E-state index in [1.165, 1.54) is 45.5 Å². The summed E-state index contributed by atoms with van der Waals surface area (Å²) in [6.07, 6.45) is 0.143. The first kappa shape index (κ1) is 37.7. The lowest BCUT2D eigenvalue weighted by Crippen LogP contribution is -2.56. The Balaban J connectivity index is 1.45. The van der Waals surface area contributed by atoms with Crippen molar-refractivity contribution in [1.29, 1.82) is 0 Å². The van der Waals surface area contributed by atoms with Gasteiger partial charge in [-0.15, -0.1) is 0 Å². The minimum atomic E-state index is -4.90. The lowest BCUT2D eigenvalue weighted by atomic mass is 9.82. The molecule has 0 unspecified atom stereocenters. The predicted molar refractivity (Wildman–Crippen MR) is 184 cm³/mol. The fraction of sp³-hybridized carbons (Fsp3) is 0.389. The minimum absolute atomic E-state index is 0.117. The van der Waals surface area contributed by atoms with E-state index in [0.717, 1.165) is 22.8 Å². The molecule has 0 amide bonds. The van der Waals surface area contributed by atoms with Crippen LogP contribution >= 0.6 is 0 Å². The van der Waals surface area contributed by atoms with Crippen LogP contribution in [0.1, 0.15) is 41.5 Å². The van der Waals surface area contributed by atoms with Gasteiger partial charge in [-0.05, 0) is 88.2 Å². The zero-order valence-electron chi connectivity index (χ0n) is 29.0. The van der Waals surface area contributed by atoms with Crippen molar-refractivity contribution in [3.63, 3.8) is 0 Å². The standard InChI is InChI=1S/C36H40F5N5O4S/c1-24-7-8-25(17-29(24)36(39,40)41)11-14-35(44(2)3)13-6-16-45(22-35)27-18-30(37)34(31(38)19-27)51(47,48)46(33-12-15-42-23-43-33)21-26-9-10-28(49-4)20-32(26)50-5/h7-10,12,15,17-20,23H,6,11,13-14,16,21-22H2,1-5H3/t35-/m0/s1. The first-order valence-corrected chi connectivity index (χ1v) is 17.6. The van der Waals surface area contributed by atoms with Crippen molar-refractivity contribution in [1.82, 2.24) is 14.9 Å². The number of halogens is 5. The van der Waals surface area contributed by atoms with E-state index < -0.39 is 43.8 Å². The molecule has 1 atom stereocenters. The van der Waals surface area contributed by atoms with Crippen LogP contribution in [0, 0.1) is 18.6 Å². The molecule has 274 valence electrons. The normalized spacial score (nSPS) is 16.7. The number of alkyl halides is 3. The molecule has 0 saturated carbocycles. The molecule has 2 heterocycles. The highest BCUT2D eigenvalue weighted by atomic mass is 32.2. The zero-order chi connectivity index (χ0) is 37.1. The topological polar surface area (TPSA) is 88.1 Å². The molecule has 0 bridgehead atoms. The van der Waals surface area contributed by atoms with Crippen LogP contribution in [-0.2, 0) is 29.2 Å². The molecule has 0 N–H and O–H groups in total. The van der Waals surface area contributed by atoms with E-state index in [4.69, 9.17) is 9.47 Å². The Hall–Kier alpha value is -4.50. The Morgan fingerprint density at radius 2 is 1.71 bits per heavy atom. The summed E-state index contributed by atoms with van der Waals surface area (Å²) < 4.78 is 113. The predicted octanol–water partition coefficient (Wildman–Crippen LogP) is 7.03. The van der Waals surface area contributed by atoms with Crippen molar-refractivity contribution in [2.75, 3.05) is 50.6 Å². The third kappa shape index (κ3) is 8.04. The highest BCUT2D eigenvalue weighted by molar-refractivity contribution is 7.92. The van der Waals surface area contributed by atoms with Crippen LogP contribution in [-0.4, -0.2) is 70.2 Å². The monoisotopic (exact) mass is 733 g/mol. The summed E-state index contributed by atoms with van der Waals surface area (Å²) in [4.78, 5) is 10.5. The van der Waals surface area contributed by atoms with Gasteiger partial charge in [0.15, 0.2) is 4.90 Å². The Morgan fingerprint density at radius 3 is 2.31 bits per heavy atom. The Bertz CT molecular complexity index is 1940. The molecule has 1 aliphatic heterocycles. The summed E-state index contributed by atoms with van der Waals surface area (Å²) in [6, 6.07) is 12.4. The van der Waals surface area contributed by atoms with E-state index in [-0.39, 0.29) is 29.4 Å². The first-order valence-electron chi connectivity index (χ1n) is 16.2. The summed E-state index contributed by atoms with van der Waals surface area (Å²) in [6.45, 7) is 1.80. The van der Waals surface area contributed by atoms with Crippen molar-refractivity contribution in [2.45, 2.75) is 55.8 Å². The van der Waals surface area contributed by atoms with Gasteiger partial charge < -0.3 is 19.3 Å². The van der Waals surface area contributed by atoms with Crippen molar-refractivity contribution in [3.05, 3.63) is 101 Å². The molecule has 51 heavy (non-hydrogen) atoms. The number of hydrogen-bond donors (Lipinski definition) is 0. The largest absolute Gasteiger partial charge is 0.497 e. The molecule has 0 radical (unpaired) electrons. The maximum absolute atomic E-state index is 16.1. The van der Waals surface area contributed by atoms with Crippen molar-refractivity contribution in [3.8, 4) is 11.5 Å². The summed E-state index contributed by atoms with van der Waals surface area (Å²) in [7, 11) is 1.71. The third-order valence-corrected chi connectivity index (χ3v) is 11.3. The van der Waals surface area contributed by atoms with E-state index in [0.29, 0.717) is 55.6 Å². The molecule has 0 aliphatic carbocycles. The van der Waals surface area contributed by atoms with Gasteiger partial charge >= 0.3 is 6.18 Å². The smallest absolute Gasteiger partial charge is 0.416 e. The highest BCUT2D eigenvalue weighted by Crippen LogP contribution is 2.38. The Kier molecular flexibility index (Phi) is 11.1. The van der Waals surface area contributed by atoms with Crippen LogP contribution in [0.15, 0.2) is 72.0 Å². The summed E-state index contributed by atoms with van der Waals surface area (Å²) in [5.41, 5.74) is -0.000405. The van der Waals surface area contributed by atoms with Crippen molar-refractivity contribution < 1.29 is 39.8 Å². The van der Waals surface area contributed by atoms with E-state index in [1.54, 1.807) is 29.2 Å². The van der Waals surface area contributed by atoms with Gasteiger partial charge in [-0.25, -0.2) is 31.5 Å². The second kappa shape index (κ2) is 15.0. The van der Waals surface area contributed by atoms with Crippen LogP contribution in [0.25, 0.3) is 0 Å². The number of benzene rings is 3. The quantitative estimate of drug-likeness (QED) is 0.144. The fourth-order valence-corrected chi connectivity index (χ4v) is 8.07. The summed E-state index contributed by atoms with van der Waals surface area (Å²) in [5, 5.41) is 0. The first-order chi connectivity index (χ1) is 24.1. The van der Waals surface area contributed by atoms with E-state index in [9.17, 15) is 21.6 Å². The molecule has 4 aromatic rings. The minimum Gasteiger partial charge on any atom is -0.497 e. The van der Waals surface area contributed by atoms with Crippen LogP contribution in [0.4, 0.5) is 33.5 Å². The molecule has 1 aromatic heterocycles. The number of aromatic nitrogens is 2. The molecule has 1 saturated heterocycles. The number of likely N-dealkylation sites (N-methyl/N-ethyl adjacent to an activating group) is 1. The number of ether oxygens (including phenoxy) is 2. The van der Waals surface area contributed by atoms with Gasteiger partial charge in [0, 0.05) is 48.2 Å². The maximum Gasteiger partial charge on any atom is 0.416 e. The highest BCUT2D eigenvalue weighted by Gasteiger charge is 2.39. The van der Waals surface area contributed by atoms with Crippen LogP contribution in [0.2, 0.25) is 0 Å². The van der Waals surface area contributed by atoms with Gasteiger partial charge in [-0.3, -0.25) is 0 Å². The van der Waals surface area contributed by atoms with Gasteiger partial charge in [0.25, 0.3) is 10.0 Å². The molecular formula is C36H40F5N5O4S. The second-order valence-corrected chi connectivity index (χ2v) is 14.6. The molecule has 0 spiro atoms. The maximum atomic E-state index is 16.1. The Morgan fingerprint density at radius 1 is 0.980 bits per heavy atom. The molecule has 1 aliphatic rings. The van der Waals surface area contributed by atoms with Gasteiger partial charge in [-0.2, -0.15) is 13.2 Å². The summed E-state index contributed by atoms with van der Waals surface area (Å²) in [5.74, 6) is -1.94. The van der Waals surface area contributed by atoms with Crippen molar-refractivity contribution >= 4 is 21.5 Å². The van der Waals surface area contributed by atoms with Crippen LogP contribution in [0.5, 0.6) is 11.5 Å². The van der Waals surface area contributed by atoms with Crippen molar-refractivity contribution in [2.24, 2.45) is 0 Å². The van der Waals surface area contributed by atoms with E-state index >= 15 is 8.78 Å². The number of piperidine rings is 1. The van der Waals surface area contributed by atoms with E-state index in [2.05, 4.69) is 9.97 Å². The summed E-state index contributed by atoms with van der Waals surface area (Å²) >= 11 is 0. The number of nitrogens with zero attached hydrogens (tertiary/aromatic N) is 5. The molecule has 15 heteroatoms.